The number of rotatable bonds is 7. The average Bonchev–Trinajstić information content (AvgIpc) is 3.05. The van der Waals surface area contributed by atoms with Crippen LogP contribution in [0.5, 0.6) is 5.75 Å². The Labute approximate surface area is 154 Å². The molecule has 2 aliphatic rings. The molecule has 1 aromatic rings. The molecule has 1 atom stereocenters. The van der Waals surface area contributed by atoms with E-state index >= 15 is 0 Å². The van der Waals surface area contributed by atoms with E-state index in [4.69, 9.17) is 9.47 Å². The maximum Gasteiger partial charge on any atom is 0.224 e. The molecule has 0 spiro atoms. The first-order chi connectivity index (χ1) is 12.7. The van der Waals surface area contributed by atoms with E-state index in [1.54, 1.807) is 7.11 Å². The highest BCUT2D eigenvalue weighted by Crippen LogP contribution is 2.19. The second-order valence-electron chi connectivity index (χ2n) is 6.72. The molecule has 1 amide bonds. The molecule has 2 heterocycles. The van der Waals surface area contributed by atoms with Crippen LogP contribution in [0.15, 0.2) is 18.2 Å². The Morgan fingerprint density at radius 2 is 2.15 bits per heavy atom. The Morgan fingerprint density at radius 1 is 1.35 bits per heavy atom. The topological polar surface area (TPSA) is 77.8 Å². The monoisotopic (exact) mass is 358 g/mol. The fourth-order valence-electron chi connectivity index (χ4n) is 3.43. The van der Waals surface area contributed by atoms with E-state index < -0.39 is 0 Å². The summed E-state index contributed by atoms with van der Waals surface area (Å²) in [7, 11) is 1.56. The minimum absolute atomic E-state index is 0.153. The number of benzene rings is 1. The maximum atomic E-state index is 12.2. The molecule has 2 saturated heterocycles. The standard InChI is InChI=1S/C19H26N4O3/c1-25-18-3-2-15(10-16(18)12-20)13-21-17-11-19(24)23(14-17)5-4-22-6-8-26-9-7-22/h2-3,10,17,21H,4-9,11,13-14H2,1H3. The Morgan fingerprint density at radius 3 is 2.88 bits per heavy atom. The first-order valence-electron chi connectivity index (χ1n) is 9.08. The van der Waals surface area contributed by atoms with Gasteiger partial charge in [0.15, 0.2) is 0 Å². The number of nitriles is 1. The van der Waals surface area contributed by atoms with E-state index in [0.717, 1.165) is 51.5 Å². The van der Waals surface area contributed by atoms with Crippen molar-refractivity contribution in [2.75, 3.05) is 53.0 Å². The second kappa shape index (κ2) is 8.99. The van der Waals surface area contributed by atoms with Gasteiger partial charge in [0.1, 0.15) is 11.8 Å². The van der Waals surface area contributed by atoms with Gasteiger partial charge in [-0.25, -0.2) is 0 Å². The Balaban J connectivity index is 1.46. The van der Waals surface area contributed by atoms with Crippen LogP contribution in [0, 0.1) is 11.3 Å². The van der Waals surface area contributed by atoms with Gasteiger partial charge in [-0.15, -0.1) is 0 Å². The van der Waals surface area contributed by atoms with Crippen LogP contribution in [0.25, 0.3) is 0 Å². The number of morpholine rings is 1. The van der Waals surface area contributed by atoms with Gasteiger partial charge in [0, 0.05) is 51.7 Å². The third-order valence-electron chi connectivity index (χ3n) is 4.98. The second-order valence-corrected chi connectivity index (χ2v) is 6.72. The zero-order chi connectivity index (χ0) is 18.4. The molecule has 7 heteroatoms. The summed E-state index contributed by atoms with van der Waals surface area (Å²) in [5, 5.41) is 12.6. The number of nitrogens with zero attached hydrogens (tertiary/aromatic N) is 3. The van der Waals surface area contributed by atoms with Crippen LogP contribution >= 0.6 is 0 Å². The molecule has 140 valence electrons. The van der Waals surface area contributed by atoms with Gasteiger partial charge in [0.2, 0.25) is 5.91 Å². The van der Waals surface area contributed by atoms with Crippen molar-refractivity contribution in [2.24, 2.45) is 0 Å². The largest absolute Gasteiger partial charge is 0.495 e. The van der Waals surface area contributed by atoms with E-state index in [-0.39, 0.29) is 11.9 Å². The minimum atomic E-state index is 0.153. The molecule has 0 saturated carbocycles. The average molecular weight is 358 g/mol. The van der Waals surface area contributed by atoms with Gasteiger partial charge in [-0.05, 0) is 17.7 Å². The van der Waals surface area contributed by atoms with E-state index in [0.29, 0.717) is 24.3 Å². The summed E-state index contributed by atoms with van der Waals surface area (Å²) in [6, 6.07) is 7.89. The van der Waals surface area contributed by atoms with Crippen LogP contribution in [0.4, 0.5) is 0 Å². The highest BCUT2D eigenvalue weighted by molar-refractivity contribution is 5.79. The first-order valence-corrected chi connectivity index (χ1v) is 9.08. The molecule has 7 nitrogen and oxygen atoms in total. The Bertz CT molecular complexity index is 667. The molecule has 1 aromatic carbocycles. The van der Waals surface area contributed by atoms with Crippen molar-refractivity contribution in [1.82, 2.24) is 15.1 Å². The number of carbonyl (C=O) groups excluding carboxylic acids is 1. The van der Waals surface area contributed by atoms with Crippen molar-refractivity contribution >= 4 is 5.91 Å². The lowest BCUT2D eigenvalue weighted by molar-refractivity contribution is -0.128. The number of likely N-dealkylation sites (tertiary alicyclic amines) is 1. The number of methoxy groups -OCH3 is 1. The molecule has 0 bridgehead atoms. The highest BCUT2D eigenvalue weighted by atomic mass is 16.5. The summed E-state index contributed by atoms with van der Waals surface area (Å²) >= 11 is 0. The van der Waals surface area contributed by atoms with Crippen molar-refractivity contribution in [3.8, 4) is 11.8 Å². The van der Waals surface area contributed by atoms with Gasteiger partial charge in [0.05, 0.1) is 25.9 Å². The summed E-state index contributed by atoms with van der Waals surface area (Å²) in [4.78, 5) is 16.5. The lowest BCUT2D eigenvalue weighted by Gasteiger charge is -2.28. The van der Waals surface area contributed by atoms with Crippen molar-refractivity contribution in [3.05, 3.63) is 29.3 Å². The minimum Gasteiger partial charge on any atom is -0.495 e. The van der Waals surface area contributed by atoms with Crippen LogP contribution in [-0.2, 0) is 16.1 Å². The lowest BCUT2D eigenvalue weighted by Crippen LogP contribution is -2.42. The molecule has 2 aliphatic heterocycles. The third kappa shape index (κ3) is 4.73. The van der Waals surface area contributed by atoms with E-state index in [1.807, 2.05) is 23.1 Å². The van der Waals surface area contributed by atoms with Gasteiger partial charge in [-0.3, -0.25) is 9.69 Å². The molecule has 3 rings (SSSR count). The van der Waals surface area contributed by atoms with Crippen molar-refractivity contribution in [2.45, 2.75) is 19.0 Å². The molecular formula is C19H26N4O3. The van der Waals surface area contributed by atoms with Crippen LogP contribution in [0.2, 0.25) is 0 Å². The lowest BCUT2D eigenvalue weighted by atomic mass is 10.1. The Hall–Kier alpha value is -2.14. The Kier molecular flexibility index (Phi) is 6.45. The quantitative estimate of drug-likeness (QED) is 0.769. The smallest absolute Gasteiger partial charge is 0.224 e. The molecule has 1 N–H and O–H groups in total. The fraction of sp³-hybridized carbons (Fsp3) is 0.579. The zero-order valence-corrected chi connectivity index (χ0v) is 15.2. The van der Waals surface area contributed by atoms with Gasteiger partial charge in [0.25, 0.3) is 0 Å². The molecule has 0 aromatic heterocycles. The van der Waals surface area contributed by atoms with Crippen LogP contribution in [0.3, 0.4) is 0 Å². The third-order valence-corrected chi connectivity index (χ3v) is 4.98. The van der Waals surface area contributed by atoms with Crippen LogP contribution < -0.4 is 10.1 Å². The SMILES string of the molecule is COc1ccc(CNC2CC(=O)N(CCN3CCOCC3)C2)cc1C#N. The van der Waals surface area contributed by atoms with Crippen molar-refractivity contribution in [3.63, 3.8) is 0 Å². The van der Waals surface area contributed by atoms with Gasteiger partial charge in [-0.2, -0.15) is 5.26 Å². The normalized spacial score (nSPS) is 21.0. The number of hydrogen-bond acceptors (Lipinski definition) is 6. The molecule has 26 heavy (non-hydrogen) atoms. The van der Waals surface area contributed by atoms with Crippen molar-refractivity contribution in [1.29, 1.82) is 5.26 Å². The van der Waals surface area contributed by atoms with E-state index in [9.17, 15) is 10.1 Å². The zero-order valence-electron chi connectivity index (χ0n) is 15.2. The van der Waals surface area contributed by atoms with E-state index in [1.165, 1.54) is 0 Å². The molecule has 2 fully saturated rings. The van der Waals surface area contributed by atoms with Gasteiger partial charge >= 0.3 is 0 Å². The molecule has 0 radical (unpaired) electrons. The summed E-state index contributed by atoms with van der Waals surface area (Å²) in [6.07, 6.45) is 0.532. The molecular weight excluding hydrogens is 332 g/mol. The maximum absolute atomic E-state index is 12.2. The number of amides is 1. The summed E-state index contributed by atoms with van der Waals surface area (Å²) in [5.74, 6) is 0.796. The van der Waals surface area contributed by atoms with Crippen LogP contribution in [0.1, 0.15) is 17.5 Å². The number of carbonyl (C=O) groups is 1. The fourth-order valence-corrected chi connectivity index (χ4v) is 3.43. The molecule has 0 aliphatic carbocycles. The van der Waals surface area contributed by atoms with E-state index in [2.05, 4.69) is 16.3 Å². The van der Waals surface area contributed by atoms with Gasteiger partial charge in [-0.1, -0.05) is 6.07 Å². The molecule has 1 unspecified atom stereocenters. The van der Waals surface area contributed by atoms with Crippen LogP contribution in [-0.4, -0.2) is 74.8 Å². The summed E-state index contributed by atoms with van der Waals surface area (Å²) < 4.78 is 10.5. The van der Waals surface area contributed by atoms with Gasteiger partial charge < -0.3 is 19.7 Å². The summed E-state index contributed by atoms with van der Waals surface area (Å²) in [6.45, 7) is 6.52. The predicted molar refractivity (Wildman–Crippen MR) is 96.8 cm³/mol. The number of hydrogen-bond donors (Lipinski definition) is 1. The predicted octanol–water partition coefficient (Wildman–Crippen LogP) is 0.590. The number of nitrogens with one attached hydrogen (secondary N) is 1. The first kappa shape index (κ1) is 18.6. The number of ether oxygens (including phenoxy) is 2. The summed E-state index contributed by atoms with van der Waals surface area (Å²) in [5.41, 5.74) is 1.54. The van der Waals surface area contributed by atoms with Crippen molar-refractivity contribution < 1.29 is 14.3 Å². The highest BCUT2D eigenvalue weighted by Gasteiger charge is 2.29.